The van der Waals surface area contributed by atoms with Gasteiger partial charge in [-0.25, -0.2) is 0 Å². The van der Waals surface area contributed by atoms with Crippen LogP contribution in [-0.4, -0.2) is 36.5 Å². The molecule has 0 atom stereocenters. The van der Waals surface area contributed by atoms with Crippen molar-refractivity contribution in [3.63, 3.8) is 0 Å². The molecule has 1 N–H and O–H groups in total. The fourth-order valence-corrected chi connectivity index (χ4v) is 3.81. The molecule has 0 spiro atoms. The number of ether oxygens (including phenoxy) is 1. The number of fused-ring (bicyclic) bond motifs is 1. The SMILES string of the molecule is CC(C)(C)OC(=O)NCCn1[se]c2ccc(F)cc2c1=O. The number of aromatic nitrogens is 1. The molecule has 0 saturated heterocycles. The molecule has 0 fully saturated rings. The molecular formula is C14H17FN2O3Se. The predicted molar refractivity (Wildman–Crippen MR) is 79.3 cm³/mol. The predicted octanol–water partition coefficient (Wildman–Crippen LogP) is 1.72. The molecule has 7 heteroatoms. The van der Waals surface area contributed by atoms with Crippen LogP contribution in [0.25, 0.3) is 9.65 Å². The Bertz CT molecular complexity index is 715. The number of benzene rings is 1. The molecule has 2 rings (SSSR count). The van der Waals surface area contributed by atoms with Crippen LogP contribution in [0.1, 0.15) is 20.8 Å². The molecule has 1 heterocycles. The van der Waals surface area contributed by atoms with Crippen LogP contribution in [0.15, 0.2) is 23.0 Å². The summed E-state index contributed by atoms with van der Waals surface area (Å²) in [5, 5.41) is 3.03. The molecule has 0 bridgehead atoms. The topological polar surface area (TPSA) is 60.3 Å². The number of carbonyl (C=O) groups excluding carboxylic acids is 1. The normalized spacial score (nSPS) is 11.6. The van der Waals surface area contributed by atoms with Crippen LogP contribution in [0.2, 0.25) is 0 Å². The Morgan fingerprint density at radius 3 is 2.81 bits per heavy atom. The molecule has 0 saturated carbocycles. The standard InChI is InChI=1S/C14H17FN2O3Se/c1-14(2,3)20-13(19)16-6-7-17-12(18)10-8-9(15)4-5-11(10)21-17/h4-5,8H,6-7H2,1-3H3,(H,16,19). The van der Waals surface area contributed by atoms with Crippen molar-refractivity contribution in [2.24, 2.45) is 0 Å². The first-order valence-electron chi connectivity index (χ1n) is 6.52. The molecule has 0 radical (unpaired) electrons. The van der Waals surface area contributed by atoms with Gasteiger partial charge in [-0.1, -0.05) is 0 Å². The number of nitrogens with zero attached hydrogens (tertiary/aromatic N) is 1. The average Bonchev–Trinajstić information content (AvgIpc) is 2.65. The van der Waals surface area contributed by atoms with Crippen LogP contribution in [0.3, 0.4) is 0 Å². The summed E-state index contributed by atoms with van der Waals surface area (Å²) in [6.45, 7) is 6.04. The average molecular weight is 359 g/mol. The van der Waals surface area contributed by atoms with E-state index in [9.17, 15) is 14.0 Å². The molecule has 0 unspecified atom stereocenters. The zero-order valence-electron chi connectivity index (χ0n) is 12.1. The third kappa shape index (κ3) is 4.19. The molecule has 21 heavy (non-hydrogen) atoms. The molecular weight excluding hydrogens is 342 g/mol. The monoisotopic (exact) mass is 360 g/mol. The van der Waals surface area contributed by atoms with E-state index in [0.29, 0.717) is 18.5 Å². The second-order valence-electron chi connectivity index (χ2n) is 5.57. The number of hydrogen-bond donors (Lipinski definition) is 1. The number of amides is 1. The quantitative estimate of drug-likeness (QED) is 0.849. The number of alkyl carbamates (subject to hydrolysis) is 1. The van der Waals surface area contributed by atoms with Crippen LogP contribution < -0.4 is 10.9 Å². The van der Waals surface area contributed by atoms with E-state index in [-0.39, 0.29) is 20.3 Å². The van der Waals surface area contributed by atoms with Gasteiger partial charge in [0.25, 0.3) is 0 Å². The summed E-state index contributed by atoms with van der Waals surface area (Å²) >= 11 is -0.171. The summed E-state index contributed by atoms with van der Waals surface area (Å²) in [5.74, 6) is -0.411. The van der Waals surface area contributed by atoms with Crippen molar-refractivity contribution in [2.75, 3.05) is 6.54 Å². The third-order valence-electron chi connectivity index (χ3n) is 2.59. The van der Waals surface area contributed by atoms with Gasteiger partial charge in [-0.15, -0.1) is 0 Å². The fourth-order valence-electron chi connectivity index (χ4n) is 1.76. The van der Waals surface area contributed by atoms with Gasteiger partial charge in [-0.3, -0.25) is 0 Å². The van der Waals surface area contributed by atoms with E-state index >= 15 is 0 Å². The molecule has 1 amide bonds. The zero-order chi connectivity index (χ0) is 15.6. The Hall–Kier alpha value is -1.59. The maximum atomic E-state index is 13.1. The van der Waals surface area contributed by atoms with E-state index in [1.165, 1.54) is 12.1 Å². The zero-order valence-corrected chi connectivity index (χ0v) is 13.8. The van der Waals surface area contributed by atoms with Gasteiger partial charge in [0.05, 0.1) is 0 Å². The Morgan fingerprint density at radius 1 is 1.43 bits per heavy atom. The molecule has 2 aromatic rings. The van der Waals surface area contributed by atoms with E-state index in [4.69, 9.17) is 4.74 Å². The second-order valence-corrected chi connectivity index (χ2v) is 7.80. The summed E-state index contributed by atoms with van der Waals surface area (Å²) in [6.07, 6.45) is -0.509. The Morgan fingerprint density at radius 2 is 2.14 bits per heavy atom. The van der Waals surface area contributed by atoms with Gasteiger partial charge in [-0.2, -0.15) is 0 Å². The van der Waals surface area contributed by atoms with Crippen molar-refractivity contribution in [3.8, 4) is 0 Å². The third-order valence-corrected chi connectivity index (χ3v) is 4.94. The van der Waals surface area contributed by atoms with Crippen molar-refractivity contribution in [3.05, 3.63) is 34.4 Å². The Labute approximate surface area is 127 Å². The van der Waals surface area contributed by atoms with Gasteiger partial charge in [0.2, 0.25) is 0 Å². The first kappa shape index (κ1) is 15.8. The van der Waals surface area contributed by atoms with Gasteiger partial charge in [-0.05, 0) is 0 Å². The van der Waals surface area contributed by atoms with Crippen molar-refractivity contribution in [1.29, 1.82) is 0 Å². The molecule has 1 aromatic carbocycles. The number of halogens is 1. The van der Waals surface area contributed by atoms with Crippen LogP contribution >= 0.6 is 0 Å². The van der Waals surface area contributed by atoms with Gasteiger partial charge in [0.15, 0.2) is 0 Å². The minimum atomic E-state index is -0.550. The van der Waals surface area contributed by atoms with Crippen molar-refractivity contribution >= 4 is 30.5 Å². The van der Waals surface area contributed by atoms with E-state index in [1.807, 2.05) is 0 Å². The van der Waals surface area contributed by atoms with Gasteiger partial charge >= 0.3 is 127 Å². The number of rotatable bonds is 3. The van der Waals surface area contributed by atoms with Crippen molar-refractivity contribution in [2.45, 2.75) is 32.9 Å². The number of hydrogen-bond acceptors (Lipinski definition) is 3. The number of carbonyl (C=O) groups is 1. The van der Waals surface area contributed by atoms with Gasteiger partial charge < -0.3 is 0 Å². The minimum absolute atomic E-state index is 0.171. The van der Waals surface area contributed by atoms with E-state index < -0.39 is 17.5 Å². The van der Waals surface area contributed by atoms with Crippen LogP contribution in [-0.2, 0) is 11.3 Å². The molecule has 5 nitrogen and oxygen atoms in total. The molecule has 0 aliphatic rings. The van der Waals surface area contributed by atoms with E-state index in [1.54, 1.807) is 30.4 Å². The Balaban J connectivity index is 2.00. The summed E-state index contributed by atoms with van der Waals surface area (Å²) < 4.78 is 20.7. The van der Waals surface area contributed by atoms with Gasteiger partial charge in [0.1, 0.15) is 0 Å². The fraction of sp³-hybridized carbons (Fsp3) is 0.429. The summed E-state index contributed by atoms with van der Waals surface area (Å²) in [7, 11) is 0. The molecule has 0 aliphatic carbocycles. The van der Waals surface area contributed by atoms with Gasteiger partial charge in [0, 0.05) is 0 Å². The van der Waals surface area contributed by atoms with Crippen molar-refractivity contribution < 1.29 is 13.9 Å². The summed E-state index contributed by atoms with van der Waals surface area (Å²) in [5.41, 5.74) is -0.735. The number of nitrogens with one attached hydrogen (secondary N) is 1. The van der Waals surface area contributed by atoms with Crippen molar-refractivity contribution in [1.82, 2.24) is 8.88 Å². The molecule has 114 valence electrons. The second kappa shape index (κ2) is 6.03. The first-order valence-corrected chi connectivity index (χ1v) is 8.15. The van der Waals surface area contributed by atoms with Crippen LogP contribution in [0, 0.1) is 5.82 Å². The van der Waals surface area contributed by atoms with E-state index in [0.717, 1.165) is 4.26 Å². The summed E-state index contributed by atoms with van der Waals surface area (Å²) in [6, 6.07) is 4.26. The molecule has 1 aromatic heterocycles. The maximum absolute atomic E-state index is 13.1. The summed E-state index contributed by atoms with van der Waals surface area (Å²) in [4.78, 5) is 23.6. The van der Waals surface area contributed by atoms with Crippen LogP contribution in [0.5, 0.6) is 0 Å². The Kier molecular flexibility index (Phi) is 4.54. The van der Waals surface area contributed by atoms with Crippen LogP contribution in [0.4, 0.5) is 9.18 Å². The molecule has 0 aliphatic heterocycles. The first-order chi connectivity index (χ1) is 9.76. The van der Waals surface area contributed by atoms with E-state index in [2.05, 4.69) is 5.32 Å².